The molecule has 97 heavy (non-hydrogen) atoms. The van der Waals surface area contributed by atoms with Gasteiger partial charge in [0.1, 0.15) is 59.9 Å². The third kappa shape index (κ3) is 18.6. The summed E-state index contributed by atoms with van der Waals surface area (Å²) in [6, 6.07) is -7.90. The van der Waals surface area contributed by atoms with Crippen LogP contribution in [0.1, 0.15) is 176 Å². The summed E-state index contributed by atoms with van der Waals surface area (Å²) in [6.07, 6.45) is 0.376. The molecule has 1 aromatic rings. The Morgan fingerprint density at radius 2 is 1.30 bits per heavy atom. The molecule has 0 aromatic heterocycles. The number of carbonyl (C=O) groups is 12. The molecule has 24 nitrogen and oxygen atoms in total. The Bertz CT molecular complexity index is 3050. The monoisotopic (exact) mass is 1390 g/mol. The molecule has 3 N–H and O–H groups in total. The van der Waals surface area contributed by atoms with Gasteiger partial charge in [0.15, 0.2) is 0 Å². The van der Waals surface area contributed by atoms with Gasteiger partial charge in [-0.25, -0.2) is 0 Å². The first-order chi connectivity index (χ1) is 45.5. The van der Waals surface area contributed by atoms with Crippen molar-refractivity contribution in [2.45, 2.75) is 237 Å². The number of nitrogens with one attached hydrogen (secondary N) is 3. The second-order valence-corrected chi connectivity index (χ2v) is 28.8. The molecular weight excluding hydrogens is 1280 g/mol. The first kappa shape index (κ1) is 78.9. The zero-order valence-electron chi connectivity index (χ0n) is 59.4. The first-order valence-corrected chi connectivity index (χ1v) is 35.2. The Morgan fingerprint density at radius 1 is 0.660 bits per heavy atom. The SMILES string of the molecule is CCCC[C@H]1C(=O)N(C)CC(=O)N[C@@H](CCc2ccc(C(F)(F)F)c(Cl)c2)C(=O)N2CCC[C@H]2C(=O)NC2(CCCC2)C(=O)N(C)[C@@H](C(C)C)C(=O)N(C)[C@H](C(=O)N2CCCCC2)CC(=O)N(C)[C@@H](CC(C)C)C(=O)N[C@@H]([C@@H](C)CC)C(=O)N(C)[C@@H](C)C(=O)N2CC[C@H]2C(=O)N1C. The number of likely N-dealkylation sites (tertiary alicyclic amines) is 1. The van der Waals surface area contributed by atoms with Crippen LogP contribution < -0.4 is 16.0 Å². The van der Waals surface area contributed by atoms with Crippen LogP contribution in [0.2, 0.25) is 5.02 Å². The van der Waals surface area contributed by atoms with E-state index in [1.54, 1.807) is 25.7 Å². The number of aryl methyl sites for hydroxylation is 1. The van der Waals surface area contributed by atoms with Crippen molar-refractivity contribution >= 4 is 82.5 Å². The van der Waals surface area contributed by atoms with Crippen LogP contribution in [0.5, 0.6) is 0 Å². The zero-order chi connectivity index (χ0) is 72.3. The summed E-state index contributed by atoms with van der Waals surface area (Å²) in [6.45, 7) is 14.4. The Labute approximate surface area is 575 Å². The molecule has 0 bridgehead atoms. The molecule has 5 fully saturated rings. The fraction of sp³-hybridized carbons (Fsp3) is 0.739. The standard InChI is InChI=1S/C69H106ClF3N12O12/c1-15-17-24-50-62(92)77(9)40-54(86)74-48(29-27-45-26-28-46(47(70)38-45)69(71,72)73)61(91)84-35-23-25-49(84)59(89)76-68(31-19-20-32-68)67(97)82(14)57(42(5)6)66(96)81(13)53(64(94)83-33-21-18-22-34-83)39-55(87)79(11)52(37-41(3)4)58(88)75-56(43(7)16-2)65(95)78(10)44(8)60(90)85-36-30-51(85)63(93)80(50)12/h26,28,38,41-44,48-53,56-57H,15-25,27,29-37,39-40H2,1-14H3,(H,74,86)(H,75,88)(H,76,89)/t43-,44-,48-,49-,50-,51-,52-,53-,56-,57-/m0/s1. The van der Waals surface area contributed by atoms with Crippen LogP contribution in [0, 0.1) is 17.8 Å². The molecule has 542 valence electrons. The third-order valence-electron chi connectivity index (χ3n) is 20.7. The smallest absolute Gasteiger partial charge is 0.343 e. The van der Waals surface area contributed by atoms with Crippen molar-refractivity contribution in [3.05, 3.63) is 34.3 Å². The number of hydrogen-bond donors (Lipinski definition) is 3. The Hall–Kier alpha value is -7.06. The average Bonchev–Trinajstić information content (AvgIpc) is 1.74. The minimum absolute atomic E-state index is 0.0298. The molecule has 1 aliphatic carbocycles. The predicted octanol–water partition coefficient (Wildman–Crippen LogP) is 5.25. The van der Waals surface area contributed by atoms with E-state index in [0.717, 1.165) is 23.5 Å². The third-order valence-corrected chi connectivity index (χ3v) is 21.0. The van der Waals surface area contributed by atoms with Crippen LogP contribution in [-0.4, -0.2) is 250 Å². The molecule has 0 unspecified atom stereocenters. The van der Waals surface area contributed by atoms with Crippen LogP contribution in [0.3, 0.4) is 0 Å². The minimum atomic E-state index is -4.76. The number of hydrogen-bond acceptors (Lipinski definition) is 12. The summed E-state index contributed by atoms with van der Waals surface area (Å²) >= 11 is 6.13. The normalized spacial score (nSPS) is 27.2. The molecule has 5 aliphatic rings. The van der Waals surface area contributed by atoms with E-state index in [0.29, 0.717) is 70.0 Å². The van der Waals surface area contributed by atoms with Crippen molar-refractivity contribution < 1.29 is 70.7 Å². The van der Waals surface area contributed by atoms with Gasteiger partial charge in [0.05, 0.1) is 23.6 Å². The van der Waals surface area contributed by atoms with E-state index in [1.807, 2.05) is 27.7 Å². The summed E-state index contributed by atoms with van der Waals surface area (Å²) in [7, 11) is 8.49. The van der Waals surface area contributed by atoms with E-state index < -0.39 is 172 Å². The van der Waals surface area contributed by atoms with Gasteiger partial charge in [0.25, 0.3) is 0 Å². The molecule has 4 heterocycles. The molecule has 0 radical (unpaired) electrons. The number of nitrogens with zero attached hydrogens (tertiary/aromatic N) is 9. The predicted molar refractivity (Wildman–Crippen MR) is 357 cm³/mol. The Kier molecular flexibility index (Phi) is 27.8. The first-order valence-electron chi connectivity index (χ1n) is 34.8. The maximum absolute atomic E-state index is 15.4. The summed E-state index contributed by atoms with van der Waals surface area (Å²) in [5.41, 5.74) is -2.36. The highest BCUT2D eigenvalue weighted by Gasteiger charge is 2.51. The van der Waals surface area contributed by atoms with Gasteiger partial charge in [-0.15, -0.1) is 0 Å². The van der Waals surface area contributed by atoms with Crippen molar-refractivity contribution in [2.75, 3.05) is 75.0 Å². The fourth-order valence-electron chi connectivity index (χ4n) is 14.2. The number of likely N-dealkylation sites (N-methyl/N-ethyl adjacent to an activating group) is 6. The van der Waals surface area contributed by atoms with Crippen LogP contribution in [0.4, 0.5) is 13.2 Å². The summed E-state index contributed by atoms with van der Waals surface area (Å²) in [5.74, 6) is -9.05. The van der Waals surface area contributed by atoms with E-state index >= 15 is 14.4 Å². The van der Waals surface area contributed by atoms with Gasteiger partial charge >= 0.3 is 6.18 Å². The molecule has 4 saturated heterocycles. The number of benzene rings is 1. The van der Waals surface area contributed by atoms with Gasteiger partial charge in [0, 0.05) is 68.5 Å². The number of carbonyl (C=O) groups excluding carboxylic acids is 12. The molecule has 1 saturated carbocycles. The number of alkyl halides is 3. The van der Waals surface area contributed by atoms with E-state index in [2.05, 4.69) is 16.0 Å². The molecule has 4 aliphatic heterocycles. The Balaban J connectivity index is 1.43. The molecule has 12 amide bonds. The van der Waals surface area contributed by atoms with Gasteiger partial charge in [-0.05, 0) is 119 Å². The topological polar surface area (TPSA) is 270 Å². The largest absolute Gasteiger partial charge is 0.417 e. The summed E-state index contributed by atoms with van der Waals surface area (Å²) in [4.78, 5) is 190. The van der Waals surface area contributed by atoms with Crippen molar-refractivity contribution in [3.63, 3.8) is 0 Å². The number of rotatable bonds is 12. The quantitative estimate of drug-likeness (QED) is 0.242. The number of fused-ring (bicyclic) bond motifs is 2. The maximum Gasteiger partial charge on any atom is 0.417 e. The van der Waals surface area contributed by atoms with Gasteiger partial charge in [-0.1, -0.05) is 98.2 Å². The van der Waals surface area contributed by atoms with E-state index in [9.17, 15) is 56.3 Å². The summed E-state index contributed by atoms with van der Waals surface area (Å²) in [5, 5.41) is 8.09. The average molecular weight is 1390 g/mol. The van der Waals surface area contributed by atoms with E-state index in [4.69, 9.17) is 11.6 Å². The number of halogens is 4. The maximum atomic E-state index is 15.4. The minimum Gasteiger partial charge on any atom is -0.343 e. The molecule has 28 heteroatoms. The number of piperidine rings is 1. The molecule has 10 atom stereocenters. The second kappa shape index (κ2) is 34.1. The lowest BCUT2D eigenvalue weighted by atomic mass is 9.91. The lowest BCUT2D eigenvalue weighted by Gasteiger charge is -2.45. The van der Waals surface area contributed by atoms with E-state index in [1.165, 1.54) is 89.6 Å². The van der Waals surface area contributed by atoms with Gasteiger partial charge in [-0.2, -0.15) is 13.2 Å². The van der Waals surface area contributed by atoms with Crippen molar-refractivity contribution in [2.24, 2.45) is 17.8 Å². The zero-order valence-corrected chi connectivity index (χ0v) is 60.1. The second-order valence-electron chi connectivity index (χ2n) is 28.4. The molecular formula is C69H106ClF3N12O12. The highest BCUT2D eigenvalue weighted by atomic mass is 35.5. The van der Waals surface area contributed by atoms with E-state index in [-0.39, 0.29) is 70.4 Å². The number of unbranched alkanes of at least 4 members (excludes halogenated alkanes) is 1. The molecule has 1 aromatic carbocycles. The Morgan fingerprint density at radius 3 is 1.87 bits per heavy atom. The van der Waals surface area contributed by atoms with Gasteiger partial charge in [-0.3, -0.25) is 57.5 Å². The lowest BCUT2D eigenvalue weighted by Crippen LogP contribution is -2.65. The molecule has 1 spiro atoms. The van der Waals surface area contributed by atoms with Crippen molar-refractivity contribution in [1.82, 2.24) is 60.0 Å². The van der Waals surface area contributed by atoms with Gasteiger partial charge < -0.3 is 60.0 Å². The van der Waals surface area contributed by atoms with Gasteiger partial charge in [0.2, 0.25) is 70.9 Å². The lowest BCUT2D eigenvalue weighted by molar-refractivity contribution is -0.160. The highest BCUT2D eigenvalue weighted by Crippen LogP contribution is 2.37. The number of amides is 12. The van der Waals surface area contributed by atoms with Crippen LogP contribution in [0.15, 0.2) is 18.2 Å². The van der Waals surface area contributed by atoms with Crippen molar-refractivity contribution in [3.8, 4) is 0 Å². The fourth-order valence-corrected chi connectivity index (χ4v) is 14.5. The van der Waals surface area contributed by atoms with Crippen LogP contribution in [-0.2, 0) is 70.1 Å². The van der Waals surface area contributed by atoms with Crippen LogP contribution in [0.25, 0.3) is 0 Å². The molecule has 6 rings (SSSR count). The summed E-state index contributed by atoms with van der Waals surface area (Å²) < 4.78 is 41.4. The highest BCUT2D eigenvalue weighted by molar-refractivity contribution is 6.31. The van der Waals surface area contributed by atoms with Crippen molar-refractivity contribution in [1.29, 1.82) is 0 Å². The van der Waals surface area contributed by atoms with Crippen LogP contribution >= 0.6 is 11.6 Å².